The van der Waals surface area contributed by atoms with Gasteiger partial charge in [-0.25, -0.2) is 4.68 Å². The predicted octanol–water partition coefficient (Wildman–Crippen LogP) is 5.33. The second-order valence-electron chi connectivity index (χ2n) is 6.43. The maximum absolute atomic E-state index is 12.2. The molecule has 1 aliphatic rings. The highest BCUT2D eigenvalue weighted by molar-refractivity contribution is 6.42. The Hall–Kier alpha value is -2.25. The van der Waals surface area contributed by atoms with E-state index in [0.717, 1.165) is 0 Å². The third-order valence-electron chi connectivity index (χ3n) is 4.55. The van der Waals surface area contributed by atoms with Gasteiger partial charge in [-0.15, -0.1) is 5.10 Å². The molecule has 148 valence electrons. The maximum atomic E-state index is 12.2. The fraction of sp³-hybridized carbons (Fsp3) is 0.105. The highest BCUT2D eigenvalue weighted by Gasteiger charge is 2.33. The molecule has 3 N–H and O–H groups in total. The number of nitrogens with zero attached hydrogens (tertiary/aromatic N) is 3. The van der Waals surface area contributed by atoms with Crippen LogP contribution >= 0.6 is 46.4 Å². The van der Waals surface area contributed by atoms with Gasteiger partial charge in [0.05, 0.1) is 20.6 Å². The van der Waals surface area contributed by atoms with E-state index in [2.05, 4.69) is 15.4 Å². The molecule has 0 saturated carbocycles. The van der Waals surface area contributed by atoms with Gasteiger partial charge in [0.2, 0.25) is 11.9 Å². The number of aromatic nitrogens is 3. The van der Waals surface area contributed by atoms with E-state index in [1.54, 1.807) is 48.0 Å². The van der Waals surface area contributed by atoms with E-state index in [-0.39, 0.29) is 0 Å². The maximum Gasteiger partial charge on any atom is 0.248 e. The van der Waals surface area contributed by atoms with E-state index in [9.17, 15) is 4.79 Å². The van der Waals surface area contributed by atoms with Crippen molar-refractivity contribution in [3.63, 3.8) is 0 Å². The minimum Gasteiger partial charge on any atom is -0.366 e. The summed E-state index contributed by atoms with van der Waals surface area (Å²) >= 11 is 24.6. The monoisotopic (exact) mass is 467 g/mol. The Morgan fingerprint density at radius 1 is 1.07 bits per heavy atom. The van der Waals surface area contributed by atoms with Gasteiger partial charge >= 0.3 is 0 Å². The minimum atomic E-state index is -0.633. The Morgan fingerprint density at radius 3 is 2.48 bits per heavy atom. The molecule has 1 aromatic heterocycles. The molecule has 2 aromatic carbocycles. The van der Waals surface area contributed by atoms with E-state index >= 15 is 0 Å². The number of amides is 1. The van der Waals surface area contributed by atoms with Gasteiger partial charge in [0.25, 0.3) is 0 Å². The summed E-state index contributed by atoms with van der Waals surface area (Å²) in [4.78, 5) is 16.8. The molecule has 1 aliphatic heterocycles. The molecule has 29 heavy (non-hydrogen) atoms. The smallest absolute Gasteiger partial charge is 0.248 e. The highest BCUT2D eigenvalue weighted by Crippen LogP contribution is 2.38. The number of anilines is 1. The van der Waals surface area contributed by atoms with Crippen LogP contribution < -0.4 is 11.1 Å². The van der Waals surface area contributed by atoms with Crippen molar-refractivity contribution in [3.05, 3.63) is 73.3 Å². The second-order valence-corrected chi connectivity index (χ2v) is 8.09. The molecule has 1 unspecified atom stereocenters. The molecule has 0 aliphatic carbocycles. The number of fused-ring (bicyclic) bond motifs is 1. The number of allylic oxidation sites excluding steroid dienone is 1. The Bertz CT molecular complexity index is 1190. The molecule has 1 atom stereocenters. The average molecular weight is 469 g/mol. The quantitative estimate of drug-likeness (QED) is 0.543. The van der Waals surface area contributed by atoms with Crippen LogP contribution in [0.25, 0.3) is 11.4 Å². The van der Waals surface area contributed by atoms with Crippen LogP contribution in [0.3, 0.4) is 0 Å². The molecule has 6 nitrogen and oxygen atoms in total. The number of carbonyl (C=O) groups excluding carboxylic acids is 1. The number of carbonyl (C=O) groups is 1. The topological polar surface area (TPSA) is 85.8 Å². The summed E-state index contributed by atoms with van der Waals surface area (Å²) in [6.45, 7) is 1.75. The average Bonchev–Trinajstić information content (AvgIpc) is 3.05. The standard InChI is InChI=1S/C19H13Cl4N5O/c1-8-15(17(24)29)16(9-2-5-12(21)14(23)6-9)28-19(25-8)26-18(27-28)11-4-3-10(20)7-13(11)22/h2-7,16H,1H3,(H2,24,29)(H,25,26,27). The summed E-state index contributed by atoms with van der Waals surface area (Å²) < 4.78 is 1.58. The number of benzene rings is 2. The Labute approximate surface area is 186 Å². The molecule has 0 fully saturated rings. The summed E-state index contributed by atoms with van der Waals surface area (Å²) in [5.41, 5.74) is 7.88. The van der Waals surface area contributed by atoms with Gasteiger partial charge in [0, 0.05) is 16.3 Å². The van der Waals surface area contributed by atoms with Gasteiger partial charge in [0.1, 0.15) is 6.04 Å². The number of hydrogen-bond acceptors (Lipinski definition) is 4. The van der Waals surface area contributed by atoms with E-state index in [4.69, 9.17) is 52.1 Å². The summed E-state index contributed by atoms with van der Waals surface area (Å²) in [7, 11) is 0. The lowest BCUT2D eigenvalue weighted by molar-refractivity contribution is -0.115. The first kappa shape index (κ1) is 20.0. The molecule has 0 saturated heterocycles. The van der Waals surface area contributed by atoms with Gasteiger partial charge in [-0.05, 0) is 42.8 Å². The van der Waals surface area contributed by atoms with Crippen molar-refractivity contribution in [3.8, 4) is 11.4 Å². The zero-order chi connectivity index (χ0) is 20.9. The van der Waals surface area contributed by atoms with Gasteiger partial charge in [-0.1, -0.05) is 52.5 Å². The summed E-state index contributed by atoms with van der Waals surface area (Å²) in [5, 5.41) is 9.33. The van der Waals surface area contributed by atoms with Crippen LogP contribution in [0.2, 0.25) is 20.1 Å². The third kappa shape index (κ3) is 3.57. The lowest BCUT2D eigenvalue weighted by Crippen LogP contribution is -2.31. The molecular weight excluding hydrogens is 456 g/mol. The minimum absolute atomic E-state index is 0.342. The fourth-order valence-corrected chi connectivity index (χ4v) is 4.05. The largest absolute Gasteiger partial charge is 0.366 e. The first-order valence-corrected chi connectivity index (χ1v) is 9.92. The predicted molar refractivity (Wildman–Crippen MR) is 116 cm³/mol. The zero-order valence-corrected chi connectivity index (χ0v) is 17.9. The lowest BCUT2D eigenvalue weighted by Gasteiger charge is -2.27. The molecule has 1 amide bonds. The lowest BCUT2D eigenvalue weighted by atomic mass is 9.95. The first-order valence-electron chi connectivity index (χ1n) is 8.40. The van der Waals surface area contributed by atoms with E-state index in [1.165, 1.54) is 0 Å². The zero-order valence-electron chi connectivity index (χ0n) is 14.9. The summed E-state index contributed by atoms with van der Waals surface area (Å²) in [6, 6.07) is 9.51. The third-order valence-corrected chi connectivity index (χ3v) is 5.84. The molecule has 0 radical (unpaired) electrons. The molecule has 0 bridgehead atoms. The van der Waals surface area contributed by atoms with Crippen molar-refractivity contribution in [1.29, 1.82) is 0 Å². The number of rotatable bonds is 3. The van der Waals surface area contributed by atoms with E-state index in [0.29, 0.717) is 54.3 Å². The number of hydrogen-bond donors (Lipinski definition) is 2. The Kier molecular flexibility index (Phi) is 5.21. The van der Waals surface area contributed by atoms with Crippen molar-refractivity contribution in [2.45, 2.75) is 13.0 Å². The van der Waals surface area contributed by atoms with Crippen LogP contribution in [0.5, 0.6) is 0 Å². The van der Waals surface area contributed by atoms with Crippen molar-refractivity contribution >= 4 is 58.3 Å². The normalized spacial score (nSPS) is 15.8. The second kappa shape index (κ2) is 7.54. The van der Waals surface area contributed by atoms with E-state index in [1.807, 2.05) is 0 Å². The van der Waals surface area contributed by atoms with Crippen molar-refractivity contribution in [2.24, 2.45) is 5.73 Å². The van der Waals surface area contributed by atoms with Crippen LogP contribution in [-0.2, 0) is 4.79 Å². The summed E-state index contributed by atoms with van der Waals surface area (Å²) in [5.74, 6) is 0.223. The van der Waals surface area contributed by atoms with E-state index < -0.39 is 11.9 Å². The summed E-state index contributed by atoms with van der Waals surface area (Å²) in [6.07, 6.45) is 0. The Balaban J connectivity index is 1.90. The number of nitrogens with one attached hydrogen (secondary N) is 1. The van der Waals surface area contributed by atoms with Gasteiger partial charge in [-0.3, -0.25) is 4.79 Å². The van der Waals surface area contributed by atoms with Crippen LogP contribution in [0, 0.1) is 0 Å². The number of primary amides is 1. The number of halogens is 4. The Morgan fingerprint density at radius 2 is 1.83 bits per heavy atom. The molecule has 10 heteroatoms. The molecule has 0 spiro atoms. The molecular formula is C19H13Cl4N5O. The van der Waals surface area contributed by atoms with Crippen molar-refractivity contribution in [1.82, 2.24) is 14.8 Å². The van der Waals surface area contributed by atoms with Crippen LogP contribution in [0.15, 0.2) is 47.7 Å². The SMILES string of the molecule is CC1=C(C(N)=O)C(c2ccc(Cl)c(Cl)c2)n2nc(-c3ccc(Cl)cc3Cl)nc2N1. The first-order chi connectivity index (χ1) is 13.8. The van der Waals surface area contributed by atoms with Crippen LogP contribution in [-0.4, -0.2) is 20.7 Å². The molecule has 4 rings (SSSR count). The molecule has 3 aromatic rings. The van der Waals surface area contributed by atoms with Crippen molar-refractivity contribution in [2.75, 3.05) is 5.32 Å². The van der Waals surface area contributed by atoms with Crippen LogP contribution in [0.4, 0.5) is 5.95 Å². The van der Waals surface area contributed by atoms with Gasteiger partial charge < -0.3 is 11.1 Å². The highest BCUT2D eigenvalue weighted by atomic mass is 35.5. The van der Waals surface area contributed by atoms with Crippen molar-refractivity contribution < 1.29 is 4.79 Å². The van der Waals surface area contributed by atoms with Crippen LogP contribution in [0.1, 0.15) is 18.5 Å². The van der Waals surface area contributed by atoms with Gasteiger partial charge in [0.15, 0.2) is 5.82 Å². The number of nitrogens with two attached hydrogens (primary N) is 1. The molecule has 2 heterocycles. The van der Waals surface area contributed by atoms with Gasteiger partial charge in [-0.2, -0.15) is 4.98 Å². The fourth-order valence-electron chi connectivity index (χ4n) is 3.25.